The van der Waals surface area contributed by atoms with Crippen LogP contribution in [0.15, 0.2) is 21.6 Å². The van der Waals surface area contributed by atoms with Crippen LogP contribution in [0.1, 0.15) is 63.6 Å². The van der Waals surface area contributed by atoms with Crippen molar-refractivity contribution in [3.05, 3.63) is 35.1 Å². The van der Waals surface area contributed by atoms with Crippen LogP contribution in [0.4, 0.5) is 30.7 Å². The number of nitrogens with zero attached hydrogens (tertiary/aromatic N) is 4. The van der Waals surface area contributed by atoms with Crippen LogP contribution in [0.3, 0.4) is 0 Å². The van der Waals surface area contributed by atoms with Gasteiger partial charge in [-0.05, 0) is 45.7 Å². The zero-order chi connectivity index (χ0) is 34.2. The van der Waals surface area contributed by atoms with E-state index in [0.29, 0.717) is 25.5 Å². The van der Waals surface area contributed by atoms with Gasteiger partial charge in [0.25, 0.3) is 6.43 Å². The van der Waals surface area contributed by atoms with Gasteiger partial charge in [0.15, 0.2) is 10.8 Å². The van der Waals surface area contributed by atoms with Gasteiger partial charge >= 0.3 is 12.1 Å². The van der Waals surface area contributed by atoms with Crippen LogP contribution in [0.5, 0.6) is 0 Å². The lowest BCUT2D eigenvalue weighted by molar-refractivity contribution is -0.151. The van der Waals surface area contributed by atoms with Gasteiger partial charge in [0, 0.05) is 24.6 Å². The Balaban J connectivity index is 1.83. The van der Waals surface area contributed by atoms with Crippen LogP contribution < -0.4 is 4.72 Å². The number of aromatic nitrogens is 3. The fourth-order valence-electron chi connectivity index (χ4n) is 4.93. The molecule has 1 fully saturated rings. The van der Waals surface area contributed by atoms with Crippen molar-refractivity contribution in [3.8, 4) is 21.3 Å². The van der Waals surface area contributed by atoms with E-state index >= 15 is 4.39 Å². The normalized spacial score (nSPS) is 17.2. The summed E-state index contributed by atoms with van der Waals surface area (Å²) in [6.07, 6.45) is -8.38. The molecular weight excluding hydrogens is 671 g/mol. The lowest BCUT2D eigenvalue weighted by Crippen LogP contribution is -2.45. The summed E-state index contributed by atoms with van der Waals surface area (Å²) in [6.45, 7) is 3.57. The molecule has 0 amide bonds. The molecule has 1 aliphatic heterocycles. The highest BCUT2D eigenvalue weighted by Crippen LogP contribution is 2.43. The molecule has 1 unspecified atom stereocenters. The monoisotopic (exact) mass is 701 g/mol. The molecule has 2 N–H and O–H groups in total. The third kappa shape index (κ3) is 7.52. The molecule has 254 valence electrons. The number of sulfonamides is 1. The number of hydrogen-bond donors (Lipinski definition) is 2. The van der Waals surface area contributed by atoms with Crippen LogP contribution in [0, 0.1) is 11.2 Å². The van der Waals surface area contributed by atoms with Gasteiger partial charge < -0.3 is 9.63 Å². The minimum atomic E-state index is -5.25. The summed E-state index contributed by atoms with van der Waals surface area (Å²) in [5.41, 5.74) is -3.08. The van der Waals surface area contributed by atoms with Crippen LogP contribution in [-0.2, 0) is 27.8 Å². The number of halogens is 7. The Morgan fingerprint density at radius 1 is 1.24 bits per heavy atom. The minimum Gasteiger partial charge on any atom is -0.481 e. The Morgan fingerprint density at radius 2 is 1.93 bits per heavy atom. The van der Waals surface area contributed by atoms with Crippen LogP contribution >= 0.6 is 11.3 Å². The minimum absolute atomic E-state index is 0.000851. The molecule has 10 nitrogen and oxygen atoms in total. The number of alkyl halides is 6. The highest BCUT2D eigenvalue weighted by Gasteiger charge is 2.42. The Kier molecular flexibility index (Phi) is 10.5. The number of thiazole rings is 1. The summed E-state index contributed by atoms with van der Waals surface area (Å²) >= 11 is 0.720. The van der Waals surface area contributed by atoms with E-state index in [0.717, 1.165) is 24.3 Å². The predicted octanol–water partition coefficient (Wildman–Crippen LogP) is 6.14. The summed E-state index contributed by atoms with van der Waals surface area (Å²) in [7, 11) is -5.25. The molecule has 3 aromatic rings. The van der Waals surface area contributed by atoms with E-state index in [1.165, 1.54) is 18.6 Å². The molecule has 0 spiro atoms. The Hall–Kier alpha value is -3.16. The van der Waals surface area contributed by atoms with Crippen molar-refractivity contribution >= 4 is 27.3 Å². The number of hydrogen-bond acceptors (Lipinski definition) is 9. The number of carbonyl (C=O) groups is 1. The molecule has 19 heteroatoms. The summed E-state index contributed by atoms with van der Waals surface area (Å²) in [5.74, 6) is -3.29. The maximum atomic E-state index is 15.7. The third-order valence-corrected chi connectivity index (χ3v) is 10.2. The van der Waals surface area contributed by atoms with Gasteiger partial charge in [-0.1, -0.05) is 18.1 Å². The fraction of sp³-hybridized carbons (Fsp3) is 0.556. The van der Waals surface area contributed by atoms with Gasteiger partial charge in [0.1, 0.15) is 17.6 Å². The van der Waals surface area contributed by atoms with Crippen LogP contribution in [0.2, 0.25) is 0 Å². The molecule has 2 atom stereocenters. The molecule has 1 aliphatic rings. The second-order valence-electron chi connectivity index (χ2n) is 11.4. The zero-order valence-corrected chi connectivity index (χ0v) is 26.3. The maximum absolute atomic E-state index is 15.7. The van der Waals surface area contributed by atoms with Crippen molar-refractivity contribution in [1.29, 1.82) is 0 Å². The van der Waals surface area contributed by atoms with E-state index in [1.54, 1.807) is 4.90 Å². The number of likely N-dealkylation sites (tertiary alicyclic amines) is 1. The summed E-state index contributed by atoms with van der Waals surface area (Å²) < 4.78 is 130. The molecule has 0 radical (unpaired) electrons. The van der Waals surface area contributed by atoms with Crippen molar-refractivity contribution in [3.63, 3.8) is 0 Å². The van der Waals surface area contributed by atoms with Crippen LogP contribution in [0.25, 0.3) is 21.3 Å². The number of carboxylic acids is 1. The topological polar surface area (TPSA) is 139 Å². The van der Waals surface area contributed by atoms with Gasteiger partial charge in [0.05, 0.1) is 21.5 Å². The van der Waals surface area contributed by atoms with Crippen molar-refractivity contribution < 1.29 is 53.6 Å². The molecule has 1 saturated heterocycles. The molecule has 3 heterocycles. The number of aliphatic carboxylic acids is 1. The second kappa shape index (κ2) is 13.5. The van der Waals surface area contributed by atoms with Gasteiger partial charge in [0.2, 0.25) is 21.7 Å². The van der Waals surface area contributed by atoms with Gasteiger partial charge in [-0.25, -0.2) is 31.0 Å². The van der Waals surface area contributed by atoms with Gasteiger partial charge in [-0.3, -0.25) is 9.69 Å². The van der Waals surface area contributed by atoms with E-state index in [2.05, 4.69) is 15.1 Å². The Bertz CT molecular complexity index is 1680. The number of carboxylic acid groups (broad SMARTS) is 1. The standard InChI is InChI=1S/C27H30F7N5O5S2/c1-4-17(27(32,33)34)38-46(42,43)16-8-7-14(19(20(16)29)22(30)31)21-15(12-39-9-5-6-13(39)11-28)35-24(45-21)23-36-18(44-37-23)10-26(2,3)25(40)41/h7-8,13,17,22,38H,4-6,9-12H2,1-3H3,(H,40,41)/t13-,17?/m1/s1. The first kappa shape index (κ1) is 35.7. The van der Waals surface area contributed by atoms with Gasteiger partial charge in [-0.15, -0.1) is 11.3 Å². The van der Waals surface area contributed by atoms with Crippen molar-refractivity contribution in [2.75, 3.05) is 13.2 Å². The first-order valence-corrected chi connectivity index (χ1v) is 16.3. The Labute approximate surface area is 263 Å². The fourth-order valence-corrected chi connectivity index (χ4v) is 7.36. The first-order chi connectivity index (χ1) is 21.4. The summed E-state index contributed by atoms with van der Waals surface area (Å²) in [5, 5.41) is 13.2. The molecule has 1 aromatic carbocycles. The second-order valence-corrected chi connectivity index (χ2v) is 14.0. The van der Waals surface area contributed by atoms with Crippen LogP contribution in [-0.4, -0.2) is 71.0 Å². The quantitative estimate of drug-likeness (QED) is 0.201. The zero-order valence-electron chi connectivity index (χ0n) is 24.7. The highest BCUT2D eigenvalue weighted by atomic mass is 32.2. The molecule has 0 bridgehead atoms. The molecule has 0 saturated carbocycles. The van der Waals surface area contributed by atoms with Crippen molar-refractivity contribution in [1.82, 2.24) is 24.7 Å². The average Bonchev–Trinajstić information content (AvgIpc) is 3.70. The predicted molar refractivity (Wildman–Crippen MR) is 151 cm³/mol. The third-order valence-electron chi connectivity index (χ3n) is 7.56. The Morgan fingerprint density at radius 3 is 2.52 bits per heavy atom. The lowest BCUT2D eigenvalue weighted by atomic mass is 9.90. The number of benzene rings is 1. The first-order valence-electron chi connectivity index (χ1n) is 14.0. The smallest absolute Gasteiger partial charge is 0.404 e. The largest absolute Gasteiger partial charge is 0.481 e. The molecule has 4 rings (SSSR count). The summed E-state index contributed by atoms with van der Waals surface area (Å²) in [4.78, 5) is 20.4. The lowest BCUT2D eigenvalue weighted by Gasteiger charge is -2.22. The van der Waals surface area contributed by atoms with Crippen molar-refractivity contribution in [2.24, 2.45) is 5.41 Å². The summed E-state index contributed by atoms with van der Waals surface area (Å²) in [6, 6.07) is -1.65. The maximum Gasteiger partial charge on any atom is 0.404 e. The van der Waals surface area contributed by atoms with Crippen molar-refractivity contribution in [2.45, 2.75) is 82.6 Å². The SMILES string of the molecule is CCC(NS(=O)(=O)c1ccc(-c2sc(-c3noc(CC(C)(C)C(=O)O)n3)nc2CN2CCC[C@@H]2CF)c(C(F)F)c1F)C(F)(F)F. The molecule has 46 heavy (non-hydrogen) atoms. The van der Waals surface area contributed by atoms with E-state index in [4.69, 9.17) is 4.52 Å². The number of rotatable bonds is 13. The van der Waals surface area contributed by atoms with E-state index in [1.807, 2.05) is 0 Å². The van der Waals surface area contributed by atoms with E-state index < -0.39 is 81.0 Å². The molecule has 0 aliphatic carbocycles. The molecular formula is C27H30F7N5O5S2. The van der Waals surface area contributed by atoms with E-state index in [-0.39, 0.29) is 40.3 Å². The van der Waals surface area contributed by atoms with Gasteiger partial charge in [-0.2, -0.15) is 22.9 Å². The van der Waals surface area contributed by atoms with E-state index in [9.17, 15) is 44.7 Å². The average molecular weight is 702 g/mol. The number of nitrogens with one attached hydrogen (secondary N) is 1. The molecule has 2 aromatic heterocycles. The highest BCUT2D eigenvalue weighted by molar-refractivity contribution is 7.89.